The van der Waals surface area contributed by atoms with Crippen LogP contribution in [0.1, 0.15) is 79.7 Å². The highest BCUT2D eigenvalue weighted by molar-refractivity contribution is 7.91. The number of amides is 1. The van der Waals surface area contributed by atoms with Crippen molar-refractivity contribution in [1.29, 1.82) is 0 Å². The molecule has 1 aromatic rings. The van der Waals surface area contributed by atoms with Gasteiger partial charge in [-0.05, 0) is 96.1 Å². The Morgan fingerprint density at radius 2 is 1.82 bits per heavy atom. The van der Waals surface area contributed by atoms with Crippen molar-refractivity contribution in [2.24, 2.45) is 4.36 Å². The number of hydrogen-bond donors (Lipinski definition) is 0. The molecule has 1 amide bonds. The van der Waals surface area contributed by atoms with Gasteiger partial charge >= 0.3 is 12.1 Å². The van der Waals surface area contributed by atoms with Gasteiger partial charge < -0.3 is 18.6 Å². The van der Waals surface area contributed by atoms with Crippen LogP contribution in [0.5, 0.6) is 5.75 Å². The summed E-state index contributed by atoms with van der Waals surface area (Å²) in [5.74, 6) is -0.153. The van der Waals surface area contributed by atoms with Crippen molar-refractivity contribution >= 4 is 30.3 Å². The largest absolute Gasteiger partial charge is 0.489 e. The fraction of sp³-hybridized carbons (Fsp3) is 0.724. The van der Waals surface area contributed by atoms with Crippen LogP contribution in [0.2, 0.25) is 18.1 Å². The summed E-state index contributed by atoms with van der Waals surface area (Å²) in [7, 11) is -4.18. The van der Waals surface area contributed by atoms with Gasteiger partial charge in [0.1, 0.15) is 22.3 Å². The number of esters is 1. The molecule has 0 aliphatic carbocycles. The molecule has 0 spiro atoms. The molecule has 0 N–H and O–H groups in total. The van der Waals surface area contributed by atoms with Crippen LogP contribution in [0.15, 0.2) is 27.5 Å². The molecular formula is C29H50N2O7SSi. The molecule has 40 heavy (non-hydrogen) atoms. The van der Waals surface area contributed by atoms with Crippen molar-refractivity contribution in [3.63, 3.8) is 0 Å². The van der Waals surface area contributed by atoms with Crippen molar-refractivity contribution in [1.82, 2.24) is 4.31 Å². The van der Waals surface area contributed by atoms with Gasteiger partial charge in [0, 0.05) is 13.2 Å². The number of hydrogen-bond acceptors (Lipinski definition) is 7. The quantitative estimate of drug-likeness (QED) is 0.164. The van der Waals surface area contributed by atoms with Crippen molar-refractivity contribution in [2.75, 3.05) is 20.3 Å². The third kappa shape index (κ3) is 9.02. The summed E-state index contributed by atoms with van der Waals surface area (Å²) in [6.45, 7) is 21.1. The second kappa shape index (κ2) is 13.4. The van der Waals surface area contributed by atoms with E-state index >= 15 is 0 Å². The average Bonchev–Trinajstić information content (AvgIpc) is 3.30. The monoisotopic (exact) mass is 598 g/mol. The maximum Gasteiger partial charge on any atom is 0.443 e. The number of carbonyl (C=O) groups is 2. The molecule has 1 saturated heterocycles. The lowest BCUT2D eigenvalue weighted by atomic mass is 10.2. The van der Waals surface area contributed by atoms with E-state index < -0.39 is 41.9 Å². The molecule has 3 atom stereocenters. The zero-order valence-electron chi connectivity index (χ0n) is 26.3. The van der Waals surface area contributed by atoms with Crippen LogP contribution < -0.4 is 4.74 Å². The Kier molecular flexibility index (Phi) is 11.4. The number of ether oxygens (including phenoxy) is 3. The molecule has 9 nitrogen and oxygen atoms in total. The summed E-state index contributed by atoms with van der Waals surface area (Å²) in [4.78, 5) is 25.8. The summed E-state index contributed by atoms with van der Waals surface area (Å²) in [5, 5.41) is 0.140. The van der Waals surface area contributed by atoms with E-state index in [1.807, 2.05) is 13.8 Å². The lowest BCUT2D eigenvalue weighted by molar-refractivity contribution is -0.144. The summed E-state index contributed by atoms with van der Waals surface area (Å²) >= 11 is 0. The van der Waals surface area contributed by atoms with Crippen LogP contribution in [0.3, 0.4) is 0 Å². The number of aryl methyl sites for hydroxylation is 1. The third-order valence-electron chi connectivity index (χ3n) is 7.32. The minimum absolute atomic E-state index is 0.140. The number of carbonyl (C=O) groups excluding carboxylic acids is 2. The molecule has 1 heterocycles. The molecule has 228 valence electrons. The third-order valence-corrected chi connectivity index (χ3v) is 14.2. The minimum atomic E-state index is -3.64. The van der Waals surface area contributed by atoms with Gasteiger partial charge in [-0.15, -0.1) is 4.36 Å². The molecule has 0 saturated carbocycles. The Hall–Kier alpha value is -1.95. The van der Waals surface area contributed by atoms with E-state index in [-0.39, 0.29) is 16.0 Å². The molecular weight excluding hydrogens is 548 g/mol. The minimum Gasteiger partial charge on any atom is -0.489 e. The Morgan fingerprint density at radius 1 is 1.18 bits per heavy atom. The van der Waals surface area contributed by atoms with E-state index in [0.29, 0.717) is 31.7 Å². The molecule has 2 rings (SSSR count). The molecule has 0 radical (unpaired) electrons. The van der Waals surface area contributed by atoms with Gasteiger partial charge in [0.2, 0.25) is 0 Å². The summed E-state index contributed by atoms with van der Waals surface area (Å²) < 4.78 is 43.5. The highest BCUT2D eigenvalue weighted by Gasteiger charge is 2.41. The number of nitrogens with zero attached hydrogens (tertiary/aromatic N) is 2. The number of rotatable bonds is 10. The van der Waals surface area contributed by atoms with E-state index in [4.69, 9.17) is 18.6 Å². The number of benzene rings is 1. The molecule has 1 aliphatic heterocycles. The molecule has 1 fully saturated rings. The molecule has 0 aromatic heterocycles. The van der Waals surface area contributed by atoms with Crippen molar-refractivity contribution in [3.05, 3.63) is 23.8 Å². The van der Waals surface area contributed by atoms with Crippen molar-refractivity contribution < 1.29 is 32.4 Å². The first kappa shape index (κ1) is 34.2. The van der Waals surface area contributed by atoms with Crippen molar-refractivity contribution in [3.8, 4) is 5.75 Å². The normalized spacial score (nSPS) is 19.0. The smallest absolute Gasteiger partial charge is 0.443 e. The first-order valence-corrected chi connectivity index (χ1v) is 18.4. The van der Waals surface area contributed by atoms with E-state index in [0.717, 1.165) is 18.4 Å². The van der Waals surface area contributed by atoms with Crippen LogP contribution >= 0.6 is 0 Å². The zero-order chi connectivity index (χ0) is 30.5. The fourth-order valence-corrected chi connectivity index (χ4v) is 7.45. The Bertz CT molecular complexity index is 1160. The SMILES string of the molecule is COC(=O)[C@@H]1CCCN1[S@](=O)(=NC(=O)OC(C)(C)C)c1ccc(C)cc1O[C@H](C)CCCO[Si](C)(C)C(C)(C)C. The van der Waals surface area contributed by atoms with Crippen LogP contribution in [-0.2, 0) is 28.6 Å². The standard InChI is InChI=1S/C29H50N2O7SSi/c1-21-16-17-25(24(20-21)37-22(2)14-13-19-36-40(10,11)29(6,7)8)39(34,30-27(33)38-28(3,4)5)31-18-12-15-23(31)26(32)35-9/h16-17,20,22-23H,12-15,18-19H2,1-11H3/t22-,23+,39-/m1/s1. The summed E-state index contributed by atoms with van der Waals surface area (Å²) in [5.41, 5.74) is 0.0681. The second-order valence-electron chi connectivity index (χ2n) is 13.0. The Labute approximate surface area is 242 Å². The van der Waals surface area contributed by atoms with Crippen molar-refractivity contribution in [2.45, 2.75) is 122 Å². The molecule has 0 unspecified atom stereocenters. The van der Waals surface area contributed by atoms with E-state index in [2.05, 4.69) is 38.2 Å². The summed E-state index contributed by atoms with van der Waals surface area (Å²) in [6, 6.07) is 4.46. The lowest BCUT2D eigenvalue weighted by Crippen LogP contribution is -2.41. The van der Waals surface area contributed by atoms with Gasteiger partial charge in [-0.1, -0.05) is 26.8 Å². The average molecular weight is 599 g/mol. The fourth-order valence-electron chi connectivity index (χ4n) is 4.13. The van der Waals surface area contributed by atoms with Crippen LogP contribution in [-0.4, -0.2) is 66.9 Å². The Balaban J connectivity index is 2.41. The van der Waals surface area contributed by atoms with Crippen LogP contribution in [0, 0.1) is 6.92 Å². The van der Waals surface area contributed by atoms with Gasteiger partial charge in [-0.25, -0.2) is 9.00 Å². The first-order chi connectivity index (χ1) is 18.3. The molecule has 11 heteroatoms. The van der Waals surface area contributed by atoms with Gasteiger partial charge in [0.15, 0.2) is 18.2 Å². The highest BCUT2D eigenvalue weighted by Crippen LogP contribution is 2.37. The molecule has 1 aromatic carbocycles. The number of methoxy groups -OCH3 is 1. The summed E-state index contributed by atoms with van der Waals surface area (Å²) in [6.07, 6.45) is 1.40. The highest BCUT2D eigenvalue weighted by atomic mass is 32.2. The Morgan fingerprint density at radius 3 is 2.40 bits per heavy atom. The lowest BCUT2D eigenvalue weighted by Gasteiger charge is -2.36. The molecule has 0 bridgehead atoms. The van der Waals surface area contributed by atoms with Gasteiger partial charge in [0.25, 0.3) is 0 Å². The first-order valence-electron chi connectivity index (χ1n) is 14.1. The van der Waals surface area contributed by atoms with Gasteiger partial charge in [0.05, 0.1) is 13.2 Å². The van der Waals surface area contributed by atoms with E-state index in [1.54, 1.807) is 39.0 Å². The maximum atomic E-state index is 14.8. The zero-order valence-corrected chi connectivity index (χ0v) is 28.1. The van der Waals surface area contributed by atoms with E-state index in [1.165, 1.54) is 11.4 Å². The topological polar surface area (TPSA) is 104 Å². The van der Waals surface area contributed by atoms with E-state index in [9.17, 15) is 13.8 Å². The second-order valence-corrected chi connectivity index (χ2v) is 19.9. The molecule has 1 aliphatic rings. The van der Waals surface area contributed by atoms with Gasteiger partial charge in [-0.3, -0.25) is 4.79 Å². The van der Waals surface area contributed by atoms with Gasteiger partial charge in [-0.2, -0.15) is 4.31 Å². The predicted octanol–water partition coefficient (Wildman–Crippen LogP) is 6.88. The van der Waals surface area contributed by atoms with Crippen LogP contribution in [0.4, 0.5) is 4.79 Å². The maximum absolute atomic E-state index is 14.8. The van der Waals surface area contributed by atoms with Crippen LogP contribution in [0.25, 0.3) is 0 Å². The predicted molar refractivity (Wildman–Crippen MR) is 160 cm³/mol.